The van der Waals surface area contributed by atoms with E-state index in [1.807, 2.05) is 36.4 Å². The summed E-state index contributed by atoms with van der Waals surface area (Å²) in [5.41, 5.74) is 8.30. The Bertz CT molecular complexity index is 656. The van der Waals surface area contributed by atoms with E-state index < -0.39 is 0 Å². The van der Waals surface area contributed by atoms with Gasteiger partial charge in [-0.25, -0.2) is 0 Å². The van der Waals surface area contributed by atoms with Crippen LogP contribution in [0.5, 0.6) is 0 Å². The molecule has 2 heterocycles. The molecular formula is C13H10N4. The van der Waals surface area contributed by atoms with Crippen molar-refractivity contribution in [3.8, 4) is 11.3 Å². The molecule has 0 fully saturated rings. The molecule has 2 N–H and O–H groups in total. The smallest absolute Gasteiger partial charge is 0.146 e. The van der Waals surface area contributed by atoms with Gasteiger partial charge in [-0.3, -0.25) is 4.98 Å². The van der Waals surface area contributed by atoms with E-state index in [0.29, 0.717) is 5.82 Å². The van der Waals surface area contributed by atoms with Crippen molar-refractivity contribution in [1.82, 2.24) is 15.2 Å². The van der Waals surface area contributed by atoms with E-state index in [0.717, 1.165) is 22.2 Å². The van der Waals surface area contributed by atoms with Gasteiger partial charge in [0.15, 0.2) is 0 Å². The average Bonchev–Trinajstić information content (AvgIpc) is 2.39. The highest BCUT2D eigenvalue weighted by Crippen LogP contribution is 2.25. The Hall–Kier alpha value is -2.49. The maximum absolute atomic E-state index is 5.53. The van der Waals surface area contributed by atoms with Crippen LogP contribution in [0.4, 0.5) is 5.82 Å². The first-order valence-electron chi connectivity index (χ1n) is 5.28. The molecule has 0 radical (unpaired) electrons. The first-order valence-corrected chi connectivity index (χ1v) is 5.28. The number of hydrogen-bond acceptors (Lipinski definition) is 4. The molecule has 3 aromatic rings. The zero-order valence-corrected chi connectivity index (χ0v) is 9.04. The lowest BCUT2D eigenvalue weighted by atomic mass is 10.1. The van der Waals surface area contributed by atoms with Crippen LogP contribution < -0.4 is 5.73 Å². The minimum Gasteiger partial charge on any atom is -0.382 e. The molecule has 0 saturated carbocycles. The number of nitrogens with zero attached hydrogens (tertiary/aromatic N) is 3. The standard InChI is InChI=1S/C13H10N4/c14-13-7-6-12(16-17-13)10-3-1-5-11-9(10)4-2-8-15-11/h1-8H,(H2,14,17). The van der Waals surface area contributed by atoms with Gasteiger partial charge in [-0.05, 0) is 24.3 Å². The normalized spacial score (nSPS) is 10.6. The average molecular weight is 222 g/mol. The summed E-state index contributed by atoms with van der Waals surface area (Å²) in [6.45, 7) is 0. The SMILES string of the molecule is Nc1ccc(-c2cccc3ncccc23)nn1. The third-order valence-corrected chi connectivity index (χ3v) is 2.61. The predicted molar refractivity (Wildman–Crippen MR) is 67.2 cm³/mol. The lowest BCUT2D eigenvalue weighted by Gasteiger charge is -2.04. The van der Waals surface area contributed by atoms with Crippen LogP contribution in [0.2, 0.25) is 0 Å². The summed E-state index contributed by atoms with van der Waals surface area (Å²) in [6.07, 6.45) is 1.78. The van der Waals surface area contributed by atoms with Crippen LogP contribution >= 0.6 is 0 Å². The highest BCUT2D eigenvalue weighted by Gasteiger charge is 2.05. The maximum Gasteiger partial charge on any atom is 0.146 e. The van der Waals surface area contributed by atoms with Crippen LogP contribution in [-0.2, 0) is 0 Å². The van der Waals surface area contributed by atoms with E-state index in [1.165, 1.54) is 0 Å². The third-order valence-electron chi connectivity index (χ3n) is 2.61. The number of anilines is 1. The number of nitrogen functional groups attached to an aromatic ring is 1. The molecule has 0 amide bonds. The summed E-state index contributed by atoms with van der Waals surface area (Å²) < 4.78 is 0. The van der Waals surface area contributed by atoms with Gasteiger partial charge < -0.3 is 5.73 Å². The molecule has 4 nitrogen and oxygen atoms in total. The zero-order chi connectivity index (χ0) is 11.7. The van der Waals surface area contributed by atoms with Gasteiger partial charge in [0.25, 0.3) is 0 Å². The molecule has 0 spiro atoms. The van der Waals surface area contributed by atoms with Crippen LogP contribution in [0.25, 0.3) is 22.2 Å². The van der Waals surface area contributed by atoms with Crippen molar-refractivity contribution in [2.45, 2.75) is 0 Å². The van der Waals surface area contributed by atoms with Crippen LogP contribution in [0.15, 0.2) is 48.7 Å². The van der Waals surface area contributed by atoms with Crippen LogP contribution in [0.1, 0.15) is 0 Å². The Morgan fingerprint density at radius 2 is 1.82 bits per heavy atom. The largest absolute Gasteiger partial charge is 0.382 e. The molecule has 0 aliphatic rings. The highest BCUT2D eigenvalue weighted by molar-refractivity contribution is 5.93. The second-order valence-electron chi connectivity index (χ2n) is 3.72. The van der Waals surface area contributed by atoms with E-state index in [9.17, 15) is 0 Å². The number of benzene rings is 1. The Balaban J connectivity index is 2.27. The Morgan fingerprint density at radius 3 is 2.65 bits per heavy atom. The minimum atomic E-state index is 0.423. The molecule has 0 saturated heterocycles. The van der Waals surface area contributed by atoms with Gasteiger partial charge in [0.05, 0.1) is 11.2 Å². The number of aromatic nitrogens is 3. The number of fused-ring (bicyclic) bond motifs is 1. The van der Waals surface area contributed by atoms with Crippen LogP contribution in [-0.4, -0.2) is 15.2 Å². The zero-order valence-electron chi connectivity index (χ0n) is 9.04. The van der Waals surface area contributed by atoms with Gasteiger partial charge in [-0.15, -0.1) is 10.2 Å². The summed E-state index contributed by atoms with van der Waals surface area (Å²) in [4.78, 5) is 4.31. The number of rotatable bonds is 1. The van der Waals surface area contributed by atoms with E-state index >= 15 is 0 Å². The first-order chi connectivity index (χ1) is 8.34. The monoisotopic (exact) mass is 222 g/mol. The van der Waals surface area contributed by atoms with E-state index in [4.69, 9.17) is 5.73 Å². The summed E-state index contributed by atoms with van der Waals surface area (Å²) in [5.74, 6) is 0.423. The van der Waals surface area contributed by atoms with Gasteiger partial charge >= 0.3 is 0 Å². The van der Waals surface area contributed by atoms with Gasteiger partial charge in [0.1, 0.15) is 5.82 Å². The van der Waals surface area contributed by atoms with Crippen molar-refractivity contribution in [1.29, 1.82) is 0 Å². The number of nitrogens with two attached hydrogens (primary N) is 1. The Kier molecular flexibility index (Phi) is 2.19. The summed E-state index contributed by atoms with van der Waals surface area (Å²) in [5, 5.41) is 9.03. The fourth-order valence-corrected chi connectivity index (χ4v) is 1.81. The number of hydrogen-bond donors (Lipinski definition) is 1. The quantitative estimate of drug-likeness (QED) is 0.686. The molecule has 0 unspecified atom stereocenters. The molecule has 82 valence electrons. The molecule has 0 aliphatic carbocycles. The summed E-state index contributed by atoms with van der Waals surface area (Å²) in [6, 6.07) is 13.5. The van der Waals surface area contributed by atoms with Gasteiger partial charge in [0, 0.05) is 17.1 Å². The molecule has 0 atom stereocenters. The van der Waals surface area contributed by atoms with Crippen molar-refractivity contribution < 1.29 is 0 Å². The van der Waals surface area contributed by atoms with Crippen LogP contribution in [0.3, 0.4) is 0 Å². The molecule has 17 heavy (non-hydrogen) atoms. The van der Waals surface area contributed by atoms with E-state index in [2.05, 4.69) is 15.2 Å². The summed E-state index contributed by atoms with van der Waals surface area (Å²) in [7, 11) is 0. The van der Waals surface area contributed by atoms with Gasteiger partial charge in [-0.2, -0.15) is 0 Å². The van der Waals surface area contributed by atoms with Gasteiger partial charge in [-0.1, -0.05) is 18.2 Å². The molecule has 3 rings (SSSR count). The molecular weight excluding hydrogens is 212 g/mol. The second kappa shape index (κ2) is 3.83. The van der Waals surface area contributed by atoms with Crippen molar-refractivity contribution in [2.75, 3.05) is 5.73 Å². The van der Waals surface area contributed by atoms with Crippen molar-refractivity contribution in [3.05, 3.63) is 48.7 Å². The Labute approximate surface area is 98.1 Å². The number of pyridine rings is 1. The fourth-order valence-electron chi connectivity index (χ4n) is 1.81. The van der Waals surface area contributed by atoms with Crippen molar-refractivity contribution in [3.63, 3.8) is 0 Å². The molecule has 0 bridgehead atoms. The van der Waals surface area contributed by atoms with Crippen molar-refractivity contribution in [2.24, 2.45) is 0 Å². The van der Waals surface area contributed by atoms with E-state index in [1.54, 1.807) is 12.3 Å². The second-order valence-corrected chi connectivity index (χ2v) is 3.72. The predicted octanol–water partition coefficient (Wildman–Crippen LogP) is 2.27. The fraction of sp³-hybridized carbons (Fsp3) is 0. The minimum absolute atomic E-state index is 0.423. The van der Waals surface area contributed by atoms with Gasteiger partial charge in [0.2, 0.25) is 0 Å². The molecule has 2 aromatic heterocycles. The van der Waals surface area contributed by atoms with Crippen molar-refractivity contribution >= 4 is 16.7 Å². The first kappa shape index (κ1) is 9.72. The molecule has 4 heteroatoms. The molecule has 1 aromatic carbocycles. The highest BCUT2D eigenvalue weighted by atomic mass is 15.1. The van der Waals surface area contributed by atoms with Crippen LogP contribution in [0, 0.1) is 0 Å². The summed E-state index contributed by atoms with van der Waals surface area (Å²) >= 11 is 0. The third kappa shape index (κ3) is 1.69. The van der Waals surface area contributed by atoms with E-state index in [-0.39, 0.29) is 0 Å². The molecule has 0 aliphatic heterocycles. The topological polar surface area (TPSA) is 64.7 Å². The Morgan fingerprint density at radius 1 is 0.882 bits per heavy atom. The maximum atomic E-state index is 5.53. The lowest BCUT2D eigenvalue weighted by Crippen LogP contribution is -1.94. The lowest BCUT2D eigenvalue weighted by molar-refractivity contribution is 1.05.